The molecule has 0 saturated carbocycles. The van der Waals surface area contributed by atoms with E-state index in [2.05, 4.69) is 0 Å². The number of hydrogen-bond acceptors (Lipinski definition) is 4. The van der Waals surface area contributed by atoms with Gasteiger partial charge in [0.2, 0.25) is 0 Å². The van der Waals surface area contributed by atoms with Crippen molar-refractivity contribution in [1.82, 2.24) is 0 Å². The summed E-state index contributed by atoms with van der Waals surface area (Å²) in [7, 11) is 0. The summed E-state index contributed by atoms with van der Waals surface area (Å²) in [5.74, 6) is -0.475. The van der Waals surface area contributed by atoms with Crippen molar-refractivity contribution in [2.75, 3.05) is 0 Å². The van der Waals surface area contributed by atoms with Crippen LogP contribution in [0.4, 0.5) is 0 Å². The Hall–Kier alpha value is -2.07. The predicted octanol–water partition coefficient (Wildman–Crippen LogP) is 2.57. The number of aliphatic hydroxyl groups is 1. The first kappa shape index (κ1) is 12.0. The van der Waals surface area contributed by atoms with E-state index in [9.17, 15) is 20.1 Å². The Balaban J connectivity index is 2.45. The highest BCUT2D eigenvalue weighted by molar-refractivity contribution is 6.08. The topological polar surface area (TPSA) is 77.8 Å². The molecule has 19 heavy (non-hydrogen) atoms. The molecule has 1 aliphatic carbocycles. The molecule has 0 saturated heterocycles. The van der Waals surface area contributed by atoms with Crippen LogP contribution < -0.4 is 0 Å². The summed E-state index contributed by atoms with van der Waals surface area (Å²) >= 11 is 0. The minimum atomic E-state index is -0.745. The molecule has 2 aromatic rings. The van der Waals surface area contributed by atoms with E-state index in [1.807, 2.05) is 6.92 Å². The summed E-state index contributed by atoms with van der Waals surface area (Å²) in [6.07, 6.45) is -0.167. The first-order valence-electron chi connectivity index (χ1n) is 6.19. The lowest BCUT2D eigenvalue weighted by atomic mass is 9.85. The molecule has 3 rings (SSSR count). The van der Waals surface area contributed by atoms with E-state index in [0.717, 1.165) is 5.56 Å². The average Bonchev–Trinajstić information content (AvgIpc) is 2.32. The maximum atomic E-state index is 11.9. The number of carbonyl (C=O) groups is 1. The third kappa shape index (κ3) is 1.68. The highest BCUT2D eigenvalue weighted by Crippen LogP contribution is 2.43. The van der Waals surface area contributed by atoms with Crippen LogP contribution >= 0.6 is 0 Å². The fraction of sp³-hybridized carbons (Fsp3) is 0.267. The molecule has 0 aliphatic heterocycles. The van der Waals surface area contributed by atoms with Crippen LogP contribution in [0, 0.1) is 6.92 Å². The van der Waals surface area contributed by atoms with Crippen molar-refractivity contribution in [2.45, 2.75) is 25.9 Å². The zero-order valence-corrected chi connectivity index (χ0v) is 10.5. The molecule has 4 nitrogen and oxygen atoms in total. The molecule has 3 N–H and O–H groups in total. The van der Waals surface area contributed by atoms with Crippen molar-refractivity contribution >= 4 is 16.6 Å². The monoisotopic (exact) mass is 258 g/mol. The first-order chi connectivity index (χ1) is 8.99. The van der Waals surface area contributed by atoms with E-state index < -0.39 is 6.10 Å². The molecule has 98 valence electrons. The smallest absolute Gasteiger partial charge is 0.167 e. The minimum Gasteiger partial charge on any atom is -0.507 e. The second-order valence-corrected chi connectivity index (χ2v) is 5.05. The number of phenols is 2. The number of aliphatic hydroxyl groups excluding tert-OH is 1. The van der Waals surface area contributed by atoms with Crippen LogP contribution in [0.15, 0.2) is 18.2 Å². The van der Waals surface area contributed by atoms with Gasteiger partial charge in [-0.25, -0.2) is 0 Å². The highest BCUT2D eigenvalue weighted by Gasteiger charge is 2.29. The molecule has 0 spiro atoms. The van der Waals surface area contributed by atoms with Crippen LogP contribution in [-0.4, -0.2) is 21.1 Å². The number of phenolic OH excluding ortho intramolecular Hbond substituents is 2. The van der Waals surface area contributed by atoms with Crippen LogP contribution in [0.3, 0.4) is 0 Å². The quantitative estimate of drug-likeness (QED) is 0.678. The maximum absolute atomic E-state index is 11.9. The van der Waals surface area contributed by atoms with Crippen LogP contribution in [0.2, 0.25) is 0 Å². The zero-order chi connectivity index (χ0) is 13.7. The third-order valence-electron chi connectivity index (χ3n) is 3.65. The molecule has 0 heterocycles. The van der Waals surface area contributed by atoms with Gasteiger partial charge in [-0.1, -0.05) is 6.07 Å². The summed E-state index contributed by atoms with van der Waals surface area (Å²) in [6, 6.07) is 5.03. The molecule has 2 aromatic carbocycles. The fourth-order valence-electron chi connectivity index (χ4n) is 2.77. The standard InChI is InChI=1S/C15H14O4/c1-7-4-8-6-9-10(16)2-3-11(17)14(9)15(19)13(8)12(18)5-7/h4-6,10,16,18-19H,2-3H2,1H3. The Morgan fingerprint density at radius 1 is 1.21 bits per heavy atom. The van der Waals surface area contributed by atoms with E-state index in [1.165, 1.54) is 6.07 Å². The van der Waals surface area contributed by atoms with Gasteiger partial charge in [0.05, 0.1) is 17.1 Å². The highest BCUT2D eigenvalue weighted by atomic mass is 16.3. The molecule has 0 bridgehead atoms. The molecule has 1 unspecified atom stereocenters. The summed E-state index contributed by atoms with van der Waals surface area (Å²) in [4.78, 5) is 11.9. The second-order valence-electron chi connectivity index (χ2n) is 5.05. The number of ketones is 1. The van der Waals surface area contributed by atoms with Crippen LogP contribution in [0.1, 0.15) is 40.4 Å². The number of benzene rings is 2. The number of rotatable bonds is 0. The minimum absolute atomic E-state index is 0.0526. The van der Waals surface area contributed by atoms with Crippen LogP contribution in [-0.2, 0) is 0 Å². The van der Waals surface area contributed by atoms with Gasteiger partial charge in [-0.15, -0.1) is 0 Å². The number of Topliss-reactive ketones (excluding diaryl/α,β-unsaturated/α-hetero) is 1. The van der Waals surface area contributed by atoms with Gasteiger partial charge in [0.25, 0.3) is 0 Å². The van der Waals surface area contributed by atoms with Gasteiger partial charge in [-0.05, 0) is 42.0 Å². The van der Waals surface area contributed by atoms with Gasteiger partial charge in [0, 0.05) is 6.42 Å². The summed E-state index contributed by atoms with van der Waals surface area (Å²) in [6.45, 7) is 1.83. The third-order valence-corrected chi connectivity index (χ3v) is 3.65. The van der Waals surface area contributed by atoms with Gasteiger partial charge in [-0.3, -0.25) is 4.79 Å². The Bertz CT molecular complexity index is 703. The molecule has 4 heteroatoms. The fourth-order valence-corrected chi connectivity index (χ4v) is 2.77. The van der Waals surface area contributed by atoms with Gasteiger partial charge < -0.3 is 15.3 Å². The lowest BCUT2D eigenvalue weighted by Crippen LogP contribution is -2.15. The van der Waals surface area contributed by atoms with Crippen molar-refractivity contribution in [3.05, 3.63) is 34.9 Å². The Morgan fingerprint density at radius 3 is 2.68 bits per heavy atom. The Morgan fingerprint density at radius 2 is 1.95 bits per heavy atom. The van der Waals surface area contributed by atoms with Gasteiger partial charge in [-0.2, -0.15) is 0 Å². The zero-order valence-electron chi connectivity index (χ0n) is 10.5. The van der Waals surface area contributed by atoms with E-state index >= 15 is 0 Å². The number of hydrogen-bond donors (Lipinski definition) is 3. The van der Waals surface area contributed by atoms with Crippen molar-refractivity contribution in [3.8, 4) is 11.5 Å². The Labute approximate surface area is 109 Å². The lowest BCUT2D eigenvalue weighted by Gasteiger charge is -2.22. The summed E-state index contributed by atoms with van der Waals surface area (Å²) in [5, 5.41) is 31.1. The van der Waals surface area contributed by atoms with E-state index in [4.69, 9.17) is 0 Å². The van der Waals surface area contributed by atoms with Gasteiger partial charge >= 0.3 is 0 Å². The van der Waals surface area contributed by atoms with E-state index in [-0.39, 0.29) is 34.7 Å². The summed E-state index contributed by atoms with van der Waals surface area (Å²) < 4.78 is 0. The normalized spacial score (nSPS) is 18.6. The molecule has 1 atom stereocenters. The van der Waals surface area contributed by atoms with Gasteiger partial charge in [0.1, 0.15) is 11.5 Å². The largest absolute Gasteiger partial charge is 0.507 e. The van der Waals surface area contributed by atoms with E-state index in [0.29, 0.717) is 17.4 Å². The molecule has 0 fully saturated rings. The number of aryl methyl sites for hydroxylation is 1. The number of carbonyl (C=O) groups excluding carboxylic acids is 1. The maximum Gasteiger partial charge on any atom is 0.167 e. The molecule has 1 aliphatic rings. The molecule has 0 amide bonds. The number of aromatic hydroxyl groups is 2. The first-order valence-corrected chi connectivity index (χ1v) is 6.19. The predicted molar refractivity (Wildman–Crippen MR) is 70.5 cm³/mol. The summed E-state index contributed by atoms with van der Waals surface area (Å²) in [5.41, 5.74) is 1.44. The van der Waals surface area contributed by atoms with Crippen LogP contribution in [0.25, 0.3) is 10.8 Å². The SMILES string of the molecule is Cc1cc(O)c2c(O)c3c(cc2c1)C(O)CCC3=O. The van der Waals surface area contributed by atoms with Crippen molar-refractivity contribution < 1.29 is 20.1 Å². The molecular formula is C15H14O4. The lowest BCUT2D eigenvalue weighted by molar-refractivity contribution is 0.0893. The molecular weight excluding hydrogens is 244 g/mol. The number of fused-ring (bicyclic) bond motifs is 2. The van der Waals surface area contributed by atoms with Gasteiger partial charge in [0.15, 0.2) is 5.78 Å². The van der Waals surface area contributed by atoms with E-state index in [1.54, 1.807) is 12.1 Å². The average molecular weight is 258 g/mol. The van der Waals surface area contributed by atoms with Crippen LogP contribution in [0.5, 0.6) is 11.5 Å². The van der Waals surface area contributed by atoms with Crippen molar-refractivity contribution in [1.29, 1.82) is 0 Å². The van der Waals surface area contributed by atoms with Crippen molar-refractivity contribution in [2.24, 2.45) is 0 Å². The Kier molecular flexibility index (Phi) is 2.50. The molecule has 0 radical (unpaired) electrons. The molecule has 0 aromatic heterocycles. The van der Waals surface area contributed by atoms with Crippen molar-refractivity contribution in [3.63, 3.8) is 0 Å². The second kappa shape index (κ2) is 3.96.